The van der Waals surface area contributed by atoms with Crippen LogP contribution in [0.1, 0.15) is 45.5 Å². The Hall–Kier alpha value is -0.550. The summed E-state index contributed by atoms with van der Waals surface area (Å²) in [6.07, 6.45) is 8.50. The molecule has 0 amide bonds. The molecule has 0 unspecified atom stereocenters. The first-order valence-corrected chi connectivity index (χ1v) is 9.56. The Morgan fingerprint density at radius 1 is 0.864 bits per heavy atom. The third-order valence-electron chi connectivity index (χ3n) is 3.46. The molecule has 0 aliphatic heterocycles. The Morgan fingerprint density at radius 2 is 1.59 bits per heavy atom. The van der Waals surface area contributed by atoms with Crippen LogP contribution in [0, 0.1) is 0 Å². The van der Waals surface area contributed by atoms with Crippen LogP contribution >= 0.6 is 11.8 Å². The molecule has 0 radical (unpaired) electrons. The van der Waals surface area contributed by atoms with E-state index >= 15 is 0 Å². The number of nitrogens with two attached hydrogens (primary N) is 1. The van der Waals surface area contributed by atoms with E-state index in [9.17, 15) is 0 Å². The zero-order chi connectivity index (χ0) is 15.7. The van der Waals surface area contributed by atoms with E-state index in [4.69, 9.17) is 15.2 Å². The van der Waals surface area contributed by atoms with E-state index < -0.39 is 0 Å². The van der Waals surface area contributed by atoms with E-state index in [1.165, 1.54) is 37.0 Å². The van der Waals surface area contributed by atoms with Gasteiger partial charge in [0.25, 0.3) is 0 Å². The molecule has 0 bridgehead atoms. The summed E-state index contributed by atoms with van der Waals surface area (Å²) in [6.45, 7) is 2.02. The zero-order valence-electron chi connectivity index (χ0n) is 13.7. The molecule has 22 heavy (non-hydrogen) atoms. The highest BCUT2D eigenvalue weighted by atomic mass is 32.2. The molecule has 0 saturated carbocycles. The third-order valence-corrected chi connectivity index (χ3v) is 4.37. The molecule has 2 N–H and O–H groups in total. The molecule has 0 aromatic heterocycles. The van der Waals surface area contributed by atoms with Crippen molar-refractivity contribution in [1.29, 1.82) is 0 Å². The van der Waals surface area contributed by atoms with Gasteiger partial charge < -0.3 is 15.2 Å². The number of unbranched alkanes of at least 4 members (excludes halogenated alkanes) is 4. The maximum Gasteiger partial charge on any atom is 0.0940 e. The minimum Gasteiger partial charge on any atom is -0.371 e. The van der Waals surface area contributed by atoms with Gasteiger partial charge in [0.05, 0.1) is 12.7 Å². The van der Waals surface area contributed by atoms with Crippen LogP contribution in [0.25, 0.3) is 0 Å². The van der Waals surface area contributed by atoms with Gasteiger partial charge in [-0.3, -0.25) is 0 Å². The summed E-state index contributed by atoms with van der Waals surface area (Å²) in [6, 6.07) is 10.6. The van der Waals surface area contributed by atoms with Gasteiger partial charge in [-0.15, -0.1) is 11.8 Å². The monoisotopic (exact) mass is 327 g/mol. The summed E-state index contributed by atoms with van der Waals surface area (Å²) >= 11 is 1.91. The van der Waals surface area contributed by atoms with Crippen LogP contribution in [0.3, 0.4) is 0 Å². The molecule has 1 rings (SSSR count). The molecule has 0 fully saturated rings. The van der Waals surface area contributed by atoms with E-state index in [2.05, 4.69) is 30.3 Å². The zero-order valence-corrected chi connectivity index (χ0v) is 14.5. The van der Waals surface area contributed by atoms with E-state index in [1.807, 2.05) is 11.8 Å². The number of rotatable bonds is 15. The first-order chi connectivity index (χ1) is 10.9. The van der Waals surface area contributed by atoms with Crippen molar-refractivity contribution >= 4 is 11.8 Å². The maximum atomic E-state index is 5.66. The van der Waals surface area contributed by atoms with Crippen LogP contribution < -0.4 is 5.73 Å². The van der Waals surface area contributed by atoms with Crippen molar-refractivity contribution in [3.63, 3.8) is 0 Å². The molecule has 0 aliphatic rings. The molecule has 3 nitrogen and oxygen atoms in total. The highest BCUT2D eigenvalue weighted by molar-refractivity contribution is 7.99. The minimum atomic E-state index is 0. The van der Waals surface area contributed by atoms with E-state index in [0.29, 0.717) is 6.73 Å². The second-order valence-electron chi connectivity index (χ2n) is 5.37. The SMILES string of the molecule is NCOCCCCCCCSCOCCCc1ccccc1.[HH]. The lowest BCUT2D eigenvalue weighted by Gasteiger charge is -2.05. The average Bonchev–Trinajstić information content (AvgIpc) is 2.56. The first-order valence-electron chi connectivity index (χ1n) is 8.40. The second kappa shape index (κ2) is 15.3. The molecule has 1 aromatic carbocycles. The van der Waals surface area contributed by atoms with Crippen molar-refractivity contribution in [2.45, 2.75) is 44.9 Å². The van der Waals surface area contributed by atoms with Gasteiger partial charge >= 0.3 is 0 Å². The lowest BCUT2D eigenvalue weighted by molar-refractivity contribution is 0.136. The first kappa shape index (κ1) is 19.5. The lowest BCUT2D eigenvalue weighted by atomic mass is 10.1. The van der Waals surface area contributed by atoms with Crippen LogP contribution in [0.4, 0.5) is 0 Å². The molecule has 4 heteroatoms. The van der Waals surface area contributed by atoms with Gasteiger partial charge in [0, 0.05) is 14.6 Å². The molecule has 1 aromatic rings. The predicted octanol–water partition coefficient (Wildman–Crippen LogP) is 4.46. The molecule has 0 aliphatic carbocycles. The summed E-state index contributed by atoms with van der Waals surface area (Å²) in [7, 11) is 0. The van der Waals surface area contributed by atoms with Crippen molar-refractivity contribution in [3.05, 3.63) is 35.9 Å². The van der Waals surface area contributed by atoms with Gasteiger partial charge in [0.2, 0.25) is 0 Å². The molecular weight excluding hydrogens is 294 g/mol. The smallest absolute Gasteiger partial charge is 0.0940 e. The van der Waals surface area contributed by atoms with Crippen LogP contribution in [0.2, 0.25) is 0 Å². The third kappa shape index (κ3) is 12.0. The van der Waals surface area contributed by atoms with Gasteiger partial charge in [-0.05, 0) is 37.0 Å². The van der Waals surface area contributed by atoms with Crippen LogP contribution in [-0.4, -0.2) is 31.6 Å². The fraction of sp³-hybridized carbons (Fsp3) is 0.667. The fourth-order valence-electron chi connectivity index (χ4n) is 2.22. The topological polar surface area (TPSA) is 44.5 Å². The highest BCUT2D eigenvalue weighted by Crippen LogP contribution is 2.10. The van der Waals surface area contributed by atoms with Crippen molar-refractivity contribution in [2.75, 3.05) is 31.6 Å². The molecule has 0 spiro atoms. The van der Waals surface area contributed by atoms with Crippen LogP contribution in [-0.2, 0) is 15.9 Å². The minimum absolute atomic E-state index is 0. The van der Waals surface area contributed by atoms with Gasteiger partial charge in [-0.2, -0.15) is 0 Å². The molecular formula is C18H33NO2S. The Morgan fingerprint density at radius 3 is 2.41 bits per heavy atom. The van der Waals surface area contributed by atoms with Crippen LogP contribution in [0.5, 0.6) is 0 Å². The maximum absolute atomic E-state index is 5.66. The number of aryl methyl sites for hydroxylation is 1. The number of ether oxygens (including phenoxy) is 2. The molecule has 0 saturated heterocycles. The molecule has 128 valence electrons. The van der Waals surface area contributed by atoms with Crippen LogP contribution in [0.15, 0.2) is 30.3 Å². The number of hydrogen-bond acceptors (Lipinski definition) is 4. The predicted molar refractivity (Wildman–Crippen MR) is 98.2 cm³/mol. The Bertz CT molecular complexity index is 341. The van der Waals surface area contributed by atoms with Gasteiger partial charge in [0.1, 0.15) is 0 Å². The summed E-state index contributed by atoms with van der Waals surface area (Å²) in [5.74, 6) is 2.04. The quantitative estimate of drug-likeness (QED) is 0.382. The summed E-state index contributed by atoms with van der Waals surface area (Å²) in [5.41, 5.74) is 6.66. The van der Waals surface area contributed by atoms with Gasteiger partial charge in [0.15, 0.2) is 0 Å². The standard InChI is InChI=1S/C18H31NO2S.H2/c19-16-20-13-7-2-1-3-8-15-22-17-21-14-9-12-18-10-5-4-6-11-18;/h4-6,10-11H,1-3,7-9,12-17,19H2;1H. The van der Waals surface area contributed by atoms with Crippen molar-refractivity contribution in [1.82, 2.24) is 0 Å². The van der Waals surface area contributed by atoms with Crippen molar-refractivity contribution in [3.8, 4) is 0 Å². The van der Waals surface area contributed by atoms with E-state index in [1.54, 1.807) is 0 Å². The summed E-state index contributed by atoms with van der Waals surface area (Å²) in [4.78, 5) is 0. The molecule has 0 atom stereocenters. The number of thioether (sulfide) groups is 1. The van der Waals surface area contributed by atoms with Gasteiger partial charge in [-0.1, -0.05) is 49.6 Å². The fourth-order valence-corrected chi connectivity index (χ4v) is 2.98. The molecule has 0 heterocycles. The number of benzene rings is 1. The van der Waals surface area contributed by atoms with Crippen molar-refractivity contribution < 1.29 is 10.9 Å². The van der Waals surface area contributed by atoms with Crippen molar-refractivity contribution in [2.24, 2.45) is 5.73 Å². The number of hydrogen-bond donors (Lipinski definition) is 1. The highest BCUT2D eigenvalue weighted by Gasteiger charge is 1.95. The average molecular weight is 328 g/mol. The van der Waals surface area contributed by atoms with Gasteiger partial charge in [-0.25, -0.2) is 0 Å². The second-order valence-corrected chi connectivity index (χ2v) is 6.42. The lowest BCUT2D eigenvalue weighted by Crippen LogP contribution is -2.05. The summed E-state index contributed by atoms with van der Waals surface area (Å²) in [5, 5.41) is 0. The Balaban J connectivity index is 0.00000484. The normalized spacial score (nSPS) is 11.0. The largest absolute Gasteiger partial charge is 0.371 e. The Kier molecular flexibility index (Phi) is 13.6. The summed E-state index contributed by atoms with van der Waals surface area (Å²) < 4.78 is 10.8. The van der Waals surface area contributed by atoms with E-state index in [-0.39, 0.29) is 1.43 Å². The Labute approximate surface area is 141 Å². The van der Waals surface area contributed by atoms with E-state index in [0.717, 1.165) is 38.4 Å².